The second-order valence-electron chi connectivity index (χ2n) is 6.26. The second kappa shape index (κ2) is 8.40. The quantitative estimate of drug-likeness (QED) is 0.261. The third-order valence-corrected chi connectivity index (χ3v) is 4.90. The van der Waals surface area contributed by atoms with Gasteiger partial charge in [0, 0.05) is 0 Å². The number of rotatable bonds is 13. The summed E-state index contributed by atoms with van der Waals surface area (Å²) >= 11 is 0. The molecule has 2 fully saturated rings. The molecule has 0 radical (unpaired) electrons. The van der Waals surface area contributed by atoms with Crippen molar-refractivity contribution < 1.29 is 50.2 Å². The normalized spacial score (nSPS) is 24.8. The first-order valence-corrected chi connectivity index (χ1v) is 9.44. The molecule has 2 aliphatic rings. The summed E-state index contributed by atoms with van der Waals surface area (Å²) in [6, 6.07) is 0. The Kier molecular flexibility index (Phi) is 6.91. The Labute approximate surface area is 149 Å². The van der Waals surface area contributed by atoms with Gasteiger partial charge in [0.15, 0.2) is 6.61 Å². The lowest BCUT2D eigenvalue weighted by Crippen LogP contribution is -2.44. The van der Waals surface area contributed by atoms with Crippen LogP contribution in [0, 0.1) is 5.41 Å². The molecule has 0 aromatic rings. The van der Waals surface area contributed by atoms with Gasteiger partial charge in [-0.25, -0.2) is 0 Å². The standard InChI is InChI=1S/C14H22F2O9S/c1-2-13(7-21-3-10-5-23-10,8-22-4-11-6-24-11)12(17)25-9-14(15,16)26(18,19)20/h10-11H,2-9H2,1H3,(H,18,19,20). The first kappa shape index (κ1) is 21.4. The van der Waals surface area contributed by atoms with Crippen LogP contribution in [-0.2, 0) is 38.6 Å². The SMILES string of the molecule is CCC(COCC1CO1)(COCC1CO1)C(=O)OCC(F)(F)S(=O)(=O)O. The van der Waals surface area contributed by atoms with Gasteiger partial charge >= 0.3 is 21.3 Å². The molecule has 26 heavy (non-hydrogen) atoms. The van der Waals surface area contributed by atoms with Crippen LogP contribution in [0.1, 0.15) is 13.3 Å². The van der Waals surface area contributed by atoms with E-state index < -0.39 is 33.4 Å². The fraction of sp³-hybridized carbons (Fsp3) is 0.929. The molecule has 0 amide bonds. The molecule has 0 aliphatic carbocycles. The number of esters is 1. The number of halogens is 2. The highest BCUT2D eigenvalue weighted by molar-refractivity contribution is 7.86. The first-order valence-electron chi connectivity index (χ1n) is 8.00. The van der Waals surface area contributed by atoms with E-state index in [0.29, 0.717) is 13.2 Å². The van der Waals surface area contributed by atoms with Crippen LogP contribution < -0.4 is 0 Å². The van der Waals surface area contributed by atoms with Gasteiger partial charge in [-0.15, -0.1) is 0 Å². The lowest BCUT2D eigenvalue weighted by Gasteiger charge is -2.30. The van der Waals surface area contributed by atoms with Crippen LogP contribution in [0.4, 0.5) is 8.78 Å². The number of hydrogen-bond donors (Lipinski definition) is 1. The number of hydrogen-bond acceptors (Lipinski definition) is 8. The smallest absolute Gasteiger partial charge is 0.402 e. The molecule has 12 heteroatoms. The molecule has 2 rings (SSSR count). The Balaban J connectivity index is 1.96. The van der Waals surface area contributed by atoms with Crippen molar-refractivity contribution in [1.29, 1.82) is 0 Å². The number of carbonyl (C=O) groups is 1. The summed E-state index contributed by atoms with van der Waals surface area (Å²) in [7, 11) is -5.70. The summed E-state index contributed by atoms with van der Waals surface area (Å²) in [4.78, 5) is 12.4. The molecule has 2 atom stereocenters. The highest BCUT2D eigenvalue weighted by atomic mass is 32.2. The molecule has 2 aliphatic heterocycles. The third-order valence-electron chi connectivity index (χ3n) is 4.03. The average Bonchev–Trinajstić information content (AvgIpc) is 3.44. The van der Waals surface area contributed by atoms with Crippen molar-refractivity contribution in [1.82, 2.24) is 0 Å². The summed E-state index contributed by atoms with van der Waals surface area (Å²) in [5.74, 6) is -1.10. The van der Waals surface area contributed by atoms with Gasteiger partial charge in [-0.2, -0.15) is 17.2 Å². The van der Waals surface area contributed by atoms with Crippen molar-refractivity contribution in [3.63, 3.8) is 0 Å². The molecule has 0 aromatic heterocycles. The molecule has 0 aromatic carbocycles. The van der Waals surface area contributed by atoms with Crippen molar-refractivity contribution in [3.8, 4) is 0 Å². The van der Waals surface area contributed by atoms with Crippen molar-refractivity contribution in [2.24, 2.45) is 5.41 Å². The Bertz CT molecular complexity index is 569. The third kappa shape index (κ3) is 6.06. The summed E-state index contributed by atoms with van der Waals surface area (Å²) in [6.07, 6.45) is 0.01000. The predicted octanol–water partition coefficient (Wildman–Crippen LogP) is 0.237. The maximum Gasteiger partial charge on any atom is 0.402 e. The van der Waals surface area contributed by atoms with Crippen molar-refractivity contribution >= 4 is 16.1 Å². The van der Waals surface area contributed by atoms with Crippen molar-refractivity contribution in [2.75, 3.05) is 46.2 Å². The van der Waals surface area contributed by atoms with E-state index in [4.69, 9.17) is 23.5 Å². The maximum atomic E-state index is 13.3. The fourth-order valence-electron chi connectivity index (χ4n) is 1.99. The van der Waals surface area contributed by atoms with Gasteiger partial charge in [-0.05, 0) is 6.42 Å². The van der Waals surface area contributed by atoms with Gasteiger partial charge in [-0.1, -0.05) is 6.92 Å². The monoisotopic (exact) mass is 404 g/mol. The molecular formula is C14H22F2O9S. The molecule has 152 valence electrons. The van der Waals surface area contributed by atoms with E-state index in [9.17, 15) is 22.0 Å². The van der Waals surface area contributed by atoms with Gasteiger partial charge < -0.3 is 23.7 Å². The number of alkyl halides is 2. The van der Waals surface area contributed by atoms with Crippen LogP contribution in [0.15, 0.2) is 0 Å². The van der Waals surface area contributed by atoms with E-state index in [1.165, 1.54) is 0 Å². The summed E-state index contributed by atoms with van der Waals surface area (Å²) in [5.41, 5.74) is -1.40. The van der Waals surface area contributed by atoms with Gasteiger partial charge in [-0.3, -0.25) is 9.35 Å². The number of epoxide rings is 2. The molecule has 1 N–H and O–H groups in total. The Morgan fingerprint density at radius 1 is 1.12 bits per heavy atom. The minimum absolute atomic E-state index is 0.0646. The molecule has 0 saturated carbocycles. The predicted molar refractivity (Wildman–Crippen MR) is 81.3 cm³/mol. The minimum Gasteiger partial charge on any atom is -0.457 e. The fourth-order valence-corrected chi connectivity index (χ4v) is 2.19. The lowest BCUT2D eigenvalue weighted by atomic mass is 9.87. The molecule has 0 bridgehead atoms. The summed E-state index contributed by atoms with van der Waals surface area (Å²) in [6.45, 7) is 1.000. The molecule has 2 unspecified atom stereocenters. The van der Waals surface area contributed by atoms with Crippen LogP contribution in [0.2, 0.25) is 0 Å². The van der Waals surface area contributed by atoms with Gasteiger partial charge in [0.2, 0.25) is 0 Å². The van der Waals surface area contributed by atoms with E-state index in [2.05, 4.69) is 4.74 Å². The van der Waals surface area contributed by atoms with E-state index in [0.717, 1.165) is 0 Å². The highest BCUT2D eigenvalue weighted by Gasteiger charge is 2.48. The molecule has 0 spiro atoms. The average molecular weight is 404 g/mol. The maximum absolute atomic E-state index is 13.3. The minimum atomic E-state index is -5.70. The Morgan fingerprint density at radius 3 is 1.92 bits per heavy atom. The first-order chi connectivity index (χ1) is 12.1. The van der Waals surface area contributed by atoms with E-state index in [1.807, 2.05) is 0 Å². The topological polar surface area (TPSA) is 124 Å². The van der Waals surface area contributed by atoms with E-state index in [-0.39, 0.29) is 45.1 Å². The van der Waals surface area contributed by atoms with Crippen molar-refractivity contribution in [3.05, 3.63) is 0 Å². The zero-order valence-electron chi connectivity index (χ0n) is 14.2. The van der Waals surface area contributed by atoms with Crippen LogP contribution >= 0.6 is 0 Å². The second-order valence-corrected chi connectivity index (χ2v) is 7.81. The Morgan fingerprint density at radius 2 is 1.58 bits per heavy atom. The van der Waals surface area contributed by atoms with E-state index in [1.54, 1.807) is 6.92 Å². The van der Waals surface area contributed by atoms with Crippen LogP contribution in [0.25, 0.3) is 0 Å². The molecule has 9 nitrogen and oxygen atoms in total. The largest absolute Gasteiger partial charge is 0.457 e. The molecular weight excluding hydrogens is 382 g/mol. The molecule has 2 heterocycles. The summed E-state index contributed by atoms with van der Waals surface area (Å²) in [5, 5.41) is -4.60. The Hall–Kier alpha value is -0.920. The van der Waals surface area contributed by atoms with Crippen molar-refractivity contribution in [2.45, 2.75) is 30.8 Å². The van der Waals surface area contributed by atoms with E-state index >= 15 is 0 Å². The highest BCUT2D eigenvalue weighted by Crippen LogP contribution is 2.29. The van der Waals surface area contributed by atoms with Gasteiger partial charge in [0.25, 0.3) is 0 Å². The zero-order valence-corrected chi connectivity index (χ0v) is 15.0. The summed E-state index contributed by atoms with van der Waals surface area (Å²) < 4.78 is 81.6. The zero-order chi connectivity index (χ0) is 19.4. The van der Waals surface area contributed by atoms with Gasteiger partial charge in [0.1, 0.15) is 17.6 Å². The van der Waals surface area contributed by atoms with Gasteiger partial charge in [0.05, 0.1) is 39.6 Å². The number of ether oxygens (including phenoxy) is 5. The lowest BCUT2D eigenvalue weighted by molar-refractivity contribution is -0.171. The van der Waals surface area contributed by atoms with Crippen LogP contribution in [-0.4, -0.2) is 82.7 Å². The van der Waals surface area contributed by atoms with Crippen LogP contribution in [0.5, 0.6) is 0 Å². The molecule has 2 saturated heterocycles. The van der Waals surface area contributed by atoms with Crippen LogP contribution in [0.3, 0.4) is 0 Å². The number of carbonyl (C=O) groups excluding carboxylic acids is 1.